The lowest BCUT2D eigenvalue weighted by atomic mass is 10.2. The number of thiazole rings is 1. The molecule has 2 aromatic heterocycles. The highest BCUT2D eigenvalue weighted by molar-refractivity contribution is 7.22. The Balaban J connectivity index is 1.66. The molecule has 0 atom stereocenters. The standard InChI is InChI=1S/C20H15FN4O3S/c1-11-5-4-8-15-16(11)23-19(29-15)24-17(26)13-9-22-20(28)25(18(13)27)10-12-6-2-3-7-14(12)21/h2-9H,10H2,1H3,(H,22,28)(H,23,24,26). The van der Waals surface area contributed by atoms with Crippen LogP contribution in [0.5, 0.6) is 0 Å². The third-order valence-corrected chi connectivity index (χ3v) is 5.37. The number of aromatic amines is 1. The average Bonchev–Trinajstić information content (AvgIpc) is 3.10. The van der Waals surface area contributed by atoms with E-state index in [9.17, 15) is 18.8 Å². The first-order valence-corrected chi connectivity index (χ1v) is 9.49. The number of hydrogen-bond donors (Lipinski definition) is 2. The van der Waals surface area contributed by atoms with Crippen molar-refractivity contribution in [3.8, 4) is 0 Å². The fraction of sp³-hybridized carbons (Fsp3) is 0.100. The summed E-state index contributed by atoms with van der Waals surface area (Å²) >= 11 is 1.28. The molecule has 9 heteroatoms. The van der Waals surface area contributed by atoms with Crippen LogP contribution in [-0.4, -0.2) is 20.4 Å². The summed E-state index contributed by atoms with van der Waals surface area (Å²) in [7, 11) is 0. The maximum atomic E-state index is 13.9. The zero-order valence-electron chi connectivity index (χ0n) is 15.2. The normalized spacial score (nSPS) is 11.0. The number of hydrogen-bond acceptors (Lipinski definition) is 5. The van der Waals surface area contributed by atoms with Crippen molar-refractivity contribution in [2.24, 2.45) is 0 Å². The molecular weight excluding hydrogens is 395 g/mol. The zero-order valence-corrected chi connectivity index (χ0v) is 16.0. The van der Waals surface area contributed by atoms with Crippen molar-refractivity contribution in [1.29, 1.82) is 0 Å². The van der Waals surface area contributed by atoms with Crippen LogP contribution in [0, 0.1) is 12.7 Å². The maximum absolute atomic E-state index is 13.9. The minimum atomic E-state index is -0.813. The third kappa shape index (κ3) is 3.59. The van der Waals surface area contributed by atoms with Gasteiger partial charge in [0, 0.05) is 11.8 Å². The Morgan fingerprint density at radius 1 is 1.21 bits per heavy atom. The van der Waals surface area contributed by atoms with Crippen LogP contribution >= 0.6 is 11.3 Å². The number of H-pyrrole nitrogens is 1. The van der Waals surface area contributed by atoms with Crippen LogP contribution in [0.25, 0.3) is 10.2 Å². The molecular formula is C20H15FN4O3S. The van der Waals surface area contributed by atoms with Crippen LogP contribution in [-0.2, 0) is 6.54 Å². The van der Waals surface area contributed by atoms with Crippen LogP contribution in [0.2, 0.25) is 0 Å². The van der Waals surface area contributed by atoms with Gasteiger partial charge in [-0.05, 0) is 24.6 Å². The molecule has 0 radical (unpaired) electrons. The van der Waals surface area contributed by atoms with Crippen LogP contribution in [0.3, 0.4) is 0 Å². The second kappa shape index (κ2) is 7.44. The summed E-state index contributed by atoms with van der Waals surface area (Å²) in [4.78, 5) is 44.2. The molecule has 4 rings (SSSR count). The fourth-order valence-corrected chi connectivity index (χ4v) is 3.86. The maximum Gasteiger partial charge on any atom is 0.328 e. The molecule has 0 unspecified atom stereocenters. The number of nitrogens with zero attached hydrogens (tertiary/aromatic N) is 2. The summed E-state index contributed by atoms with van der Waals surface area (Å²) in [5.41, 5.74) is 0.0928. The summed E-state index contributed by atoms with van der Waals surface area (Å²) in [5, 5.41) is 2.94. The van der Waals surface area contributed by atoms with Gasteiger partial charge in [0.15, 0.2) is 5.13 Å². The Bertz CT molecular complexity index is 1360. The second-order valence-electron chi connectivity index (χ2n) is 6.39. The first kappa shape index (κ1) is 18.8. The van der Waals surface area contributed by atoms with Crippen LogP contribution in [0.4, 0.5) is 9.52 Å². The number of para-hydroxylation sites is 1. The Labute approximate surface area is 167 Å². The second-order valence-corrected chi connectivity index (χ2v) is 7.42. The van der Waals surface area contributed by atoms with E-state index in [1.165, 1.54) is 29.5 Å². The predicted molar refractivity (Wildman–Crippen MR) is 109 cm³/mol. The van der Waals surface area contributed by atoms with Gasteiger partial charge < -0.3 is 4.98 Å². The Morgan fingerprint density at radius 2 is 2.00 bits per heavy atom. The van der Waals surface area contributed by atoms with Gasteiger partial charge in [-0.1, -0.05) is 41.7 Å². The van der Waals surface area contributed by atoms with Crippen molar-refractivity contribution in [2.75, 3.05) is 5.32 Å². The van der Waals surface area contributed by atoms with Crippen molar-refractivity contribution in [2.45, 2.75) is 13.5 Å². The molecule has 0 fully saturated rings. The van der Waals surface area contributed by atoms with E-state index in [0.29, 0.717) is 5.13 Å². The topological polar surface area (TPSA) is 96.9 Å². The predicted octanol–water partition coefficient (Wildman–Crippen LogP) is 2.89. The summed E-state index contributed by atoms with van der Waals surface area (Å²) in [6.07, 6.45) is 1.05. The molecule has 1 amide bonds. The minimum Gasteiger partial charge on any atom is -0.313 e. The number of halogens is 1. The lowest BCUT2D eigenvalue weighted by Gasteiger charge is -2.08. The number of benzene rings is 2. The van der Waals surface area contributed by atoms with Crippen molar-refractivity contribution < 1.29 is 9.18 Å². The zero-order chi connectivity index (χ0) is 20.5. The number of amides is 1. The van der Waals surface area contributed by atoms with E-state index in [-0.39, 0.29) is 17.7 Å². The highest BCUT2D eigenvalue weighted by Gasteiger charge is 2.17. The number of nitrogens with one attached hydrogen (secondary N) is 2. The molecule has 146 valence electrons. The van der Waals surface area contributed by atoms with Gasteiger partial charge >= 0.3 is 5.69 Å². The molecule has 2 aromatic carbocycles. The van der Waals surface area contributed by atoms with Gasteiger partial charge in [-0.3, -0.25) is 19.5 Å². The molecule has 0 saturated heterocycles. The van der Waals surface area contributed by atoms with Gasteiger partial charge in [-0.25, -0.2) is 14.2 Å². The number of carbonyl (C=O) groups excluding carboxylic acids is 1. The number of aryl methyl sites for hydroxylation is 1. The van der Waals surface area contributed by atoms with E-state index in [1.54, 1.807) is 6.07 Å². The number of carbonyl (C=O) groups is 1. The fourth-order valence-electron chi connectivity index (χ4n) is 2.92. The van der Waals surface area contributed by atoms with Gasteiger partial charge in [0.2, 0.25) is 0 Å². The quantitative estimate of drug-likeness (QED) is 0.541. The summed E-state index contributed by atoms with van der Waals surface area (Å²) in [6.45, 7) is 1.62. The molecule has 7 nitrogen and oxygen atoms in total. The largest absolute Gasteiger partial charge is 0.328 e. The SMILES string of the molecule is Cc1cccc2sc(NC(=O)c3c[nH]c(=O)n(Cc4ccccc4F)c3=O)nc12. The molecule has 0 spiro atoms. The number of fused-ring (bicyclic) bond motifs is 1. The summed E-state index contributed by atoms with van der Waals surface area (Å²) < 4.78 is 15.6. The molecule has 4 aromatic rings. The highest BCUT2D eigenvalue weighted by atomic mass is 32.1. The molecule has 2 heterocycles. The van der Waals surface area contributed by atoms with Gasteiger partial charge in [-0.2, -0.15) is 0 Å². The van der Waals surface area contributed by atoms with Gasteiger partial charge in [0.1, 0.15) is 11.4 Å². The number of rotatable bonds is 4. The van der Waals surface area contributed by atoms with E-state index < -0.39 is 23.0 Å². The van der Waals surface area contributed by atoms with Crippen molar-refractivity contribution >= 4 is 32.6 Å². The highest BCUT2D eigenvalue weighted by Crippen LogP contribution is 2.27. The molecule has 0 aliphatic carbocycles. The Kier molecular flexibility index (Phi) is 4.81. The van der Waals surface area contributed by atoms with Gasteiger partial charge in [-0.15, -0.1) is 0 Å². The van der Waals surface area contributed by atoms with E-state index in [1.807, 2.05) is 25.1 Å². The molecule has 0 bridgehead atoms. The monoisotopic (exact) mass is 410 g/mol. The van der Waals surface area contributed by atoms with Crippen LogP contribution in [0.15, 0.2) is 58.3 Å². The smallest absolute Gasteiger partial charge is 0.313 e. The summed E-state index contributed by atoms with van der Waals surface area (Å²) in [6, 6.07) is 11.5. The molecule has 2 N–H and O–H groups in total. The minimum absolute atomic E-state index is 0.166. The van der Waals surface area contributed by atoms with Crippen LogP contribution in [0.1, 0.15) is 21.5 Å². The van der Waals surface area contributed by atoms with Crippen molar-refractivity contribution in [3.05, 3.63) is 92.0 Å². The molecule has 0 saturated carbocycles. The Morgan fingerprint density at radius 3 is 2.76 bits per heavy atom. The van der Waals surface area contributed by atoms with E-state index in [0.717, 1.165) is 26.5 Å². The lowest BCUT2D eigenvalue weighted by molar-refractivity contribution is 0.102. The molecule has 0 aliphatic heterocycles. The lowest BCUT2D eigenvalue weighted by Crippen LogP contribution is -2.39. The Hall–Kier alpha value is -3.59. The van der Waals surface area contributed by atoms with E-state index in [2.05, 4.69) is 15.3 Å². The number of aromatic nitrogens is 3. The molecule has 0 aliphatic rings. The average molecular weight is 410 g/mol. The van der Waals surface area contributed by atoms with E-state index >= 15 is 0 Å². The van der Waals surface area contributed by atoms with Crippen molar-refractivity contribution in [1.82, 2.24) is 14.5 Å². The van der Waals surface area contributed by atoms with Crippen LogP contribution < -0.4 is 16.6 Å². The first-order valence-electron chi connectivity index (χ1n) is 8.67. The number of anilines is 1. The van der Waals surface area contributed by atoms with E-state index in [4.69, 9.17) is 0 Å². The summed E-state index contributed by atoms with van der Waals surface area (Å²) in [5.74, 6) is -1.25. The van der Waals surface area contributed by atoms with Gasteiger partial charge in [0.05, 0.1) is 16.8 Å². The third-order valence-electron chi connectivity index (χ3n) is 4.43. The van der Waals surface area contributed by atoms with Gasteiger partial charge in [0.25, 0.3) is 11.5 Å². The van der Waals surface area contributed by atoms with Crippen molar-refractivity contribution in [3.63, 3.8) is 0 Å². The molecule has 29 heavy (non-hydrogen) atoms. The first-order chi connectivity index (χ1) is 13.9.